The molecule has 1 aromatic rings. The highest BCUT2D eigenvalue weighted by molar-refractivity contribution is 7.99. The first-order valence-electron chi connectivity index (χ1n) is 5.60. The lowest BCUT2D eigenvalue weighted by Gasteiger charge is -2.17. The summed E-state index contributed by atoms with van der Waals surface area (Å²) in [6.45, 7) is 3.52. The molecule has 0 aliphatic heterocycles. The molecule has 1 rings (SSSR count). The Kier molecular flexibility index (Phi) is 5.58. The molecule has 108 valence electrons. The van der Waals surface area contributed by atoms with Gasteiger partial charge in [-0.2, -0.15) is 13.2 Å². The van der Waals surface area contributed by atoms with Crippen LogP contribution in [0.4, 0.5) is 13.2 Å². The zero-order valence-corrected chi connectivity index (χ0v) is 11.3. The van der Waals surface area contributed by atoms with E-state index in [1.165, 1.54) is 0 Å². The van der Waals surface area contributed by atoms with Crippen molar-refractivity contribution in [2.24, 2.45) is 0 Å². The number of tetrazole rings is 1. The van der Waals surface area contributed by atoms with Crippen LogP contribution in [0.15, 0.2) is 5.16 Å². The first-order valence-corrected chi connectivity index (χ1v) is 6.59. The zero-order chi connectivity index (χ0) is 14.5. The minimum Gasteiger partial charge on any atom is -0.343 e. The van der Waals surface area contributed by atoms with Gasteiger partial charge >= 0.3 is 6.18 Å². The molecule has 0 spiro atoms. The van der Waals surface area contributed by atoms with Crippen LogP contribution in [-0.2, 0) is 11.3 Å². The van der Waals surface area contributed by atoms with Crippen LogP contribution >= 0.6 is 11.8 Å². The van der Waals surface area contributed by atoms with Crippen LogP contribution in [0.2, 0.25) is 0 Å². The van der Waals surface area contributed by atoms with E-state index in [0.29, 0.717) is 17.8 Å². The molecule has 0 bridgehead atoms. The molecule has 0 radical (unpaired) electrons. The molecule has 10 heteroatoms. The van der Waals surface area contributed by atoms with Gasteiger partial charge in [-0.15, -0.1) is 5.10 Å². The van der Waals surface area contributed by atoms with Crippen LogP contribution in [-0.4, -0.2) is 56.0 Å². The molecule has 0 unspecified atom stereocenters. The third-order valence-electron chi connectivity index (χ3n) is 2.27. The van der Waals surface area contributed by atoms with Crippen LogP contribution in [0, 0.1) is 0 Å². The van der Waals surface area contributed by atoms with Crippen LogP contribution in [0.3, 0.4) is 0 Å². The monoisotopic (exact) mass is 297 g/mol. The van der Waals surface area contributed by atoms with E-state index < -0.39 is 12.7 Å². The number of amides is 1. The standard InChI is InChI=1S/C9H14F3N5OS/c1-3-16(4-2)7(18)5-19-8-13-14-15-17(8)6-9(10,11)12/h3-6H2,1-2H3. The van der Waals surface area contributed by atoms with Crippen molar-refractivity contribution in [3.63, 3.8) is 0 Å². The molecule has 0 N–H and O–H groups in total. The number of rotatable bonds is 6. The van der Waals surface area contributed by atoms with Gasteiger partial charge in [0.15, 0.2) is 0 Å². The SMILES string of the molecule is CCN(CC)C(=O)CSc1nnnn1CC(F)(F)F. The lowest BCUT2D eigenvalue weighted by atomic mass is 10.5. The average Bonchev–Trinajstić information content (AvgIpc) is 2.73. The number of thioether (sulfide) groups is 1. The number of hydrogen-bond donors (Lipinski definition) is 0. The summed E-state index contributed by atoms with van der Waals surface area (Å²) in [6, 6.07) is 0. The van der Waals surface area contributed by atoms with Crippen molar-refractivity contribution in [3.05, 3.63) is 0 Å². The van der Waals surface area contributed by atoms with Crippen LogP contribution in [0.5, 0.6) is 0 Å². The Morgan fingerprint density at radius 3 is 2.53 bits per heavy atom. The Labute approximate surface area is 112 Å². The van der Waals surface area contributed by atoms with Crippen molar-refractivity contribution < 1.29 is 18.0 Å². The molecule has 19 heavy (non-hydrogen) atoms. The molecule has 6 nitrogen and oxygen atoms in total. The van der Waals surface area contributed by atoms with Crippen molar-refractivity contribution in [2.45, 2.75) is 31.7 Å². The van der Waals surface area contributed by atoms with E-state index in [1.807, 2.05) is 13.8 Å². The number of carbonyl (C=O) groups is 1. The van der Waals surface area contributed by atoms with Crippen LogP contribution in [0.25, 0.3) is 0 Å². The Hall–Kier alpha value is -1.32. The highest BCUT2D eigenvalue weighted by Crippen LogP contribution is 2.21. The second kappa shape index (κ2) is 6.73. The smallest absolute Gasteiger partial charge is 0.343 e. The van der Waals surface area contributed by atoms with E-state index in [2.05, 4.69) is 15.5 Å². The number of hydrogen-bond acceptors (Lipinski definition) is 5. The maximum Gasteiger partial charge on any atom is 0.408 e. The van der Waals surface area contributed by atoms with E-state index in [4.69, 9.17) is 0 Å². The summed E-state index contributed by atoms with van der Waals surface area (Å²) in [4.78, 5) is 13.3. The van der Waals surface area contributed by atoms with Gasteiger partial charge in [-0.3, -0.25) is 4.79 Å². The lowest BCUT2D eigenvalue weighted by molar-refractivity contribution is -0.144. The molecular weight excluding hydrogens is 283 g/mol. The molecule has 0 fully saturated rings. The highest BCUT2D eigenvalue weighted by Gasteiger charge is 2.30. The first kappa shape index (κ1) is 15.7. The van der Waals surface area contributed by atoms with Crippen molar-refractivity contribution in [1.29, 1.82) is 0 Å². The van der Waals surface area contributed by atoms with Gasteiger partial charge < -0.3 is 4.90 Å². The quantitative estimate of drug-likeness (QED) is 0.738. The molecule has 0 atom stereocenters. The van der Waals surface area contributed by atoms with Gasteiger partial charge in [0, 0.05) is 13.1 Å². The summed E-state index contributed by atoms with van der Waals surface area (Å²) in [7, 11) is 0. The van der Waals surface area contributed by atoms with Crippen molar-refractivity contribution >= 4 is 17.7 Å². The van der Waals surface area contributed by atoms with Gasteiger partial charge in [-0.1, -0.05) is 11.8 Å². The van der Waals surface area contributed by atoms with Gasteiger partial charge in [-0.25, -0.2) is 4.68 Å². The Bertz CT molecular complexity index is 418. The highest BCUT2D eigenvalue weighted by atomic mass is 32.2. The molecule has 1 heterocycles. The molecule has 0 aromatic carbocycles. The Morgan fingerprint density at radius 2 is 2.00 bits per heavy atom. The maximum atomic E-state index is 12.2. The summed E-state index contributed by atoms with van der Waals surface area (Å²) < 4.78 is 37.3. The summed E-state index contributed by atoms with van der Waals surface area (Å²) in [5.41, 5.74) is 0. The summed E-state index contributed by atoms with van der Waals surface area (Å²) in [6.07, 6.45) is -4.40. The van der Waals surface area contributed by atoms with Gasteiger partial charge in [0.25, 0.3) is 0 Å². The van der Waals surface area contributed by atoms with E-state index >= 15 is 0 Å². The molecule has 0 aliphatic rings. The number of nitrogens with zero attached hydrogens (tertiary/aromatic N) is 5. The minimum atomic E-state index is -4.40. The van der Waals surface area contributed by atoms with E-state index in [0.717, 1.165) is 11.8 Å². The molecule has 0 aliphatic carbocycles. The van der Waals surface area contributed by atoms with Crippen molar-refractivity contribution in [1.82, 2.24) is 25.1 Å². The molecule has 0 saturated carbocycles. The average molecular weight is 297 g/mol. The number of halogens is 3. The number of carbonyl (C=O) groups excluding carboxylic acids is 1. The van der Waals surface area contributed by atoms with Gasteiger partial charge in [0.05, 0.1) is 5.75 Å². The molecule has 1 amide bonds. The second-order valence-electron chi connectivity index (χ2n) is 3.59. The van der Waals surface area contributed by atoms with E-state index in [1.54, 1.807) is 4.90 Å². The van der Waals surface area contributed by atoms with Gasteiger partial charge in [-0.05, 0) is 24.3 Å². The maximum absolute atomic E-state index is 12.2. The Balaban J connectivity index is 2.59. The number of aromatic nitrogens is 4. The van der Waals surface area contributed by atoms with Crippen LogP contribution in [0.1, 0.15) is 13.8 Å². The van der Waals surface area contributed by atoms with Gasteiger partial charge in [0.1, 0.15) is 6.54 Å². The molecular formula is C9H14F3N5OS. The predicted molar refractivity (Wildman–Crippen MR) is 62.5 cm³/mol. The fourth-order valence-electron chi connectivity index (χ4n) is 1.36. The van der Waals surface area contributed by atoms with Crippen LogP contribution < -0.4 is 0 Å². The first-order chi connectivity index (χ1) is 8.87. The second-order valence-corrected chi connectivity index (χ2v) is 4.53. The predicted octanol–water partition coefficient (Wildman–Crippen LogP) is 1.20. The van der Waals surface area contributed by atoms with E-state index in [9.17, 15) is 18.0 Å². The van der Waals surface area contributed by atoms with E-state index in [-0.39, 0.29) is 16.8 Å². The van der Waals surface area contributed by atoms with Gasteiger partial charge in [0.2, 0.25) is 11.1 Å². The van der Waals surface area contributed by atoms with Crippen molar-refractivity contribution in [3.8, 4) is 0 Å². The largest absolute Gasteiger partial charge is 0.408 e. The normalized spacial score (nSPS) is 11.6. The third kappa shape index (κ3) is 5.05. The Morgan fingerprint density at radius 1 is 1.37 bits per heavy atom. The number of alkyl halides is 3. The summed E-state index contributed by atoms with van der Waals surface area (Å²) in [5.74, 6) is -0.142. The fraction of sp³-hybridized carbons (Fsp3) is 0.778. The topological polar surface area (TPSA) is 63.9 Å². The lowest BCUT2D eigenvalue weighted by Crippen LogP contribution is -2.32. The molecule has 0 saturated heterocycles. The third-order valence-corrected chi connectivity index (χ3v) is 3.21. The minimum absolute atomic E-state index is 0.0138. The summed E-state index contributed by atoms with van der Waals surface area (Å²) in [5, 5.41) is 9.90. The molecule has 1 aromatic heterocycles. The van der Waals surface area contributed by atoms with Crippen molar-refractivity contribution in [2.75, 3.05) is 18.8 Å². The summed E-state index contributed by atoms with van der Waals surface area (Å²) >= 11 is 0.897. The zero-order valence-electron chi connectivity index (χ0n) is 10.5. The fourth-order valence-corrected chi connectivity index (χ4v) is 2.14.